The van der Waals surface area contributed by atoms with E-state index >= 15 is 0 Å². The van der Waals surface area contributed by atoms with E-state index in [0.29, 0.717) is 23.0 Å². The summed E-state index contributed by atoms with van der Waals surface area (Å²) >= 11 is 0. The highest BCUT2D eigenvalue weighted by Gasteiger charge is 2.17. The van der Waals surface area contributed by atoms with Gasteiger partial charge in [0, 0.05) is 12.4 Å². The molecule has 0 amide bonds. The van der Waals surface area contributed by atoms with Crippen LogP contribution in [-0.4, -0.2) is 43.6 Å². The Morgan fingerprint density at radius 3 is 3.08 bits per heavy atom. The van der Waals surface area contributed by atoms with Crippen molar-refractivity contribution in [1.82, 2.24) is 29.7 Å². The van der Waals surface area contributed by atoms with Gasteiger partial charge in [-0.15, -0.1) is 0 Å². The Labute approximate surface area is 141 Å². The lowest BCUT2D eigenvalue weighted by Gasteiger charge is -2.15. The van der Waals surface area contributed by atoms with E-state index in [9.17, 15) is 0 Å². The lowest BCUT2D eigenvalue weighted by Crippen LogP contribution is -2.19. The second-order valence-corrected chi connectivity index (χ2v) is 5.58. The van der Waals surface area contributed by atoms with Gasteiger partial charge >= 0.3 is 0 Å². The highest BCUT2D eigenvalue weighted by Crippen LogP contribution is 2.23. The molecule has 0 bridgehead atoms. The normalized spacial score (nSPS) is 13.7. The van der Waals surface area contributed by atoms with Gasteiger partial charge in [-0.05, 0) is 18.2 Å². The van der Waals surface area contributed by atoms with Crippen LogP contribution in [0.2, 0.25) is 0 Å². The van der Waals surface area contributed by atoms with Crippen LogP contribution in [0.4, 0.5) is 5.95 Å². The van der Waals surface area contributed by atoms with E-state index < -0.39 is 0 Å². The Morgan fingerprint density at radius 1 is 1.24 bits per heavy atom. The Morgan fingerprint density at radius 2 is 2.20 bits per heavy atom. The van der Waals surface area contributed by atoms with Crippen LogP contribution in [0.1, 0.15) is 0 Å². The molecule has 4 heterocycles. The molecule has 1 aliphatic rings. The molecule has 5 rings (SSSR count). The average molecular weight is 335 g/mol. The first kappa shape index (κ1) is 13.8. The van der Waals surface area contributed by atoms with Crippen molar-refractivity contribution in [3.05, 3.63) is 49.1 Å². The Bertz CT molecular complexity index is 1110. The zero-order valence-electron chi connectivity index (χ0n) is 13.2. The molecule has 0 radical (unpaired) electrons. The maximum atomic E-state index is 5.37. The van der Waals surface area contributed by atoms with E-state index in [1.54, 1.807) is 23.6 Å². The van der Waals surface area contributed by atoms with Gasteiger partial charge in [0.1, 0.15) is 18.1 Å². The van der Waals surface area contributed by atoms with Crippen molar-refractivity contribution >= 4 is 28.0 Å². The SMILES string of the molecule is CN(C1=COCO1)c1ncc2ncn(-c3ccc4cn[nH]c4c3)c2n1. The molecule has 3 aromatic heterocycles. The van der Waals surface area contributed by atoms with Crippen LogP contribution in [0.3, 0.4) is 0 Å². The van der Waals surface area contributed by atoms with Gasteiger partial charge in [0.05, 0.1) is 23.6 Å². The summed E-state index contributed by atoms with van der Waals surface area (Å²) in [6.07, 6.45) is 6.75. The largest absolute Gasteiger partial charge is 0.459 e. The van der Waals surface area contributed by atoms with E-state index in [1.807, 2.05) is 29.8 Å². The molecular formula is C16H13N7O2. The van der Waals surface area contributed by atoms with E-state index in [1.165, 1.54) is 6.26 Å². The number of nitrogens with one attached hydrogen (secondary N) is 1. The van der Waals surface area contributed by atoms with Crippen molar-refractivity contribution in [3.8, 4) is 5.69 Å². The fraction of sp³-hybridized carbons (Fsp3) is 0.125. The van der Waals surface area contributed by atoms with Crippen LogP contribution in [0.25, 0.3) is 27.8 Å². The van der Waals surface area contributed by atoms with E-state index in [4.69, 9.17) is 9.47 Å². The van der Waals surface area contributed by atoms with Gasteiger partial charge in [-0.25, -0.2) is 9.97 Å². The third-order valence-electron chi connectivity index (χ3n) is 4.07. The van der Waals surface area contributed by atoms with Crippen molar-refractivity contribution in [2.45, 2.75) is 0 Å². The molecule has 0 atom stereocenters. The van der Waals surface area contributed by atoms with Crippen molar-refractivity contribution < 1.29 is 9.47 Å². The number of aromatic amines is 1. The molecule has 1 aromatic carbocycles. The second kappa shape index (κ2) is 5.20. The number of imidazole rings is 1. The van der Waals surface area contributed by atoms with Gasteiger partial charge in [-0.2, -0.15) is 10.1 Å². The number of H-pyrrole nitrogens is 1. The lowest BCUT2D eigenvalue weighted by molar-refractivity contribution is 0.0789. The number of ether oxygens (including phenoxy) is 2. The molecule has 4 aromatic rings. The lowest BCUT2D eigenvalue weighted by atomic mass is 10.2. The molecular weight excluding hydrogens is 322 g/mol. The molecule has 0 saturated heterocycles. The Hall–Kier alpha value is -3.62. The number of anilines is 1. The predicted molar refractivity (Wildman–Crippen MR) is 89.8 cm³/mol. The highest BCUT2D eigenvalue weighted by atomic mass is 16.7. The summed E-state index contributed by atoms with van der Waals surface area (Å²) in [5.74, 6) is 1.05. The average Bonchev–Trinajstić information content (AvgIpc) is 3.39. The summed E-state index contributed by atoms with van der Waals surface area (Å²) in [5.41, 5.74) is 3.30. The topological polar surface area (TPSA) is 94.0 Å². The van der Waals surface area contributed by atoms with Crippen LogP contribution < -0.4 is 4.90 Å². The van der Waals surface area contributed by atoms with Gasteiger partial charge in [0.25, 0.3) is 0 Å². The van der Waals surface area contributed by atoms with Crippen molar-refractivity contribution in [2.24, 2.45) is 0 Å². The van der Waals surface area contributed by atoms with Crippen molar-refractivity contribution in [1.29, 1.82) is 0 Å². The van der Waals surface area contributed by atoms with Crippen LogP contribution in [0, 0.1) is 0 Å². The fourth-order valence-electron chi connectivity index (χ4n) is 2.73. The molecule has 124 valence electrons. The molecule has 0 spiro atoms. The monoisotopic (exact) mass is 335 g/mol. The third-order valence-corrected chi connectivity index (χ3v) is 4.07. The maximum absolute atomic E-state index is 5.37. The number of benzene rings is 1. The van der Waals surface area contributed by atoms with Gasteiger partial charge in [0.2, 0.25) is 18.6 Å². The number of fused-ring (bicyclic) bond motifs is 2. The molecule has 1 aliphatic heterocycles. The van der Waals surface area contributed by atoms with Gasteiger partial charge in [0.15, 0.2) is 5.65 Å². The number of hydrogen-bond acceptors (Lipinski definition) is 7. The van der Waals surface area contributed by atoms with Crippen LogP contribution in [0.15, 0.2) is 49.1 Å². The third kappa shape index (κ3) is 2.17. The first-order valence-corrected chi connectivity index (χ1v) is 7.61. The maximum Gasteiger partial charge on any atom is 0.235 e. The summed E-state index contributed by atoms with van der Waals surface area (Å²) in [6.45, 7) is 0.198. The minimum Gasteiger partial charge on any atom is -0.459 e. The molecule has 9 nitrogen and oxygen atoms in total. The molecule has 25 heavy (non-hydrogen) atoms. The first-order valence-electron chi connectivity index (χ1n) is 7.61. The summed E-state index contributed by atoms with van der Waals surface area (Å²) in [4.78, 5) is 15.1. The first-order chi connectivity index (χ1) is 12.3. The number of rotatable bonds is 3. The van der Waals surface area contributed by atoms with E-state index in [0.717, 1.165) is 16.6 Å². The van der Waals surface area contributed by atoms with Crippen LogP contribution in [-0.2, 0) is 9.47 Å². The molecule has 0 saturated carbocycles. The molecule has 0 unspecified atom stereocenters. The van der Waals surface area contributed by atoms with E-state index in [2.05, 4.69) is 25.1 Å². The summed E-state index contributed by atoms with van der Waals surface area (Å²) in [7, 11) is 1.82. The minimum absolute atomic E-state index is 0.198. The van der Waals surface area contributed by atoms with Crippen molar-refractivity contribution in [2.75, 3.05) is 18.7 Å². The standard InChI is InChI=1S/C16H13N7O2/c1-22(14-7-24-9-25-14)16-17-6-13-15(20-16)23(8-18-13)11-3-2-10-5-19-21-12(10)4-11/h2-8H,9H2,1H3,(H,19,21). The number of nitrogens with zero attached hydrogens (tertiary/aromatic N) is 6. The van der Waals surface area contributed by atoms with E-state index in [-0.39, 0.29) is 6.79 Å². The van der Waals surface area contributed by atoms with Gasteiger partial charge in [-0.1, -0.05) is 0 Å². The fourth-order valence-corrected chi connectivity index (χ4v) is 2.73. The second-order valence-electron chi connectivity index (χ2n) is 5.58. The Balaban J connectivity index is 1.62. The van der Waals surface area contributed by atoms with Gasteiger partial charge < -0.3 is 9.47 Å². The van der Waals surface area contributed by atoms with Crippen LogP contribution >= 0.6 is 0 Å². The molecule has 0 aliphatic carbocycles. The predicted octanol–water partition coefficient (Wildman–Crippen LogP) is 1.93. The molecule has 0 fully saturated rings. The van der Waals surface area contributed by atoms with Crippen molar-refractivity contribution in [3.63, 3.8) is 0 Å². The zero-order valence-corrected chi connectivity index (χ0v) is 13.2. The number of aromatic nitrogens is 6. The number of hydrogen-bond donors (Lipinski definition) is 1. The smallest absolute Gasteiger partial charge is 0.235 e. The summed E-state index contributed by atoms with van der Waals surface area (Å²) in [5, 5.41) is 8.08. The minimum atomic E-state index is 0.198. The quantitative estimate of drug-likeness (QED) is 0.611. The highest BCUT2D eigenvalue weighted by molar-refractivity contribution is 5.81. The zero-order chi connectivity index (χ0) is 16.8. The summed E-state index contributed by atoms with van der Waals surface area (Å²) < 4.78 is 12.4. The van der Waals surface area contributed by atoms with Gasteiger partial charge in [-0.3, -0.25) is 14.6 Å². The molecule has 1 N–H and O–H groups in total. The summed E-state index contributed by atoms with van der Waals surface area (Å²) in [6, 6.07) is 6.01. The van der Waals surface area contributed by atoms with Crippen LogP contribution in [0.5, 0.6) is 0 Å². The molecule has 9 heteroatoms. The Kier molecular flexibility index (Phi) is 2.87.